The van der Waals surface area contributed by atoms with E-state index in [0.717, 1.165) is 33.8 Å². The lowest BCUT2D eigenvalue weighted by molar-refractivity contribution is -0.139. The lowest BCUT2D eigenvalue weighted by Crippen LogP contribution is -2.51. The van der Waals surface area contributed by atoms with Gasteiger partial charge in [0.1, 0.15) is 18.4 Å². The lowest BCUT2D eigenvalue weighted by atomic mass is 10.1. The first kappa shape index (κ1) is 24.3. The smallest absolute Gasteiger partial charge is 0.244 e. The maximum Gasteiger partial charge on any atom is 0.244 e. The number of sulfonamides is 1. The van der Waals surface area contributed by atoms with Crippen LogP contribution in [-0.2, 0) is 26.2 Å². The molecule has 2 aromatic carbocycles. The van der Waals surface area contributed by atoms with Gasteiger partial charge in [0.25, 0.3) is 0 Å². The Bertz CT molecular complexity index is 1010. The zero-order chi connectivity index (χ0) is 23.2. The third-order valence-corrected chi connectivity index (χ3v) is 5.93. The number of nitrogens with one attached hydrogen (secondary N) is 1. The van der Waals surface area contributed by atoms with Gasteiger partial charge in [-0.15, -0.1) is 0 Å². The van der Waals surface area contributed by atoms with Crippen LogP contribution < -0.4 is 9.62 Å². The van der Waals surface area contributed by atoms with Crippen molar-refractivity contribution in [2.24, 2.45) is 0 Å². The van der Waals surface area contributed by atoms with E-state index in [0.29, 0.717) is 6.54 Å². The molecule has 9 heteroatoms. The number of carbonyl (C=O) groups excluding carboxylic acids is 2. The van der Waals surface area contributed by atoms with Crippen LogP contribution in [0, 0.1) is 12.7 Å². The molecule has 1 atom stereocenters. The number of anilines is 1. The minimum absolute atomic E-state index is 0.137. The second-order valence-electron chi connectivity index (χ2n) is 7.32. The highest BCUT2D eigenvalue weighted by atomic mass is 32.2. The lowest BCUT2D eigenvalue weighted by Gasteiger charge is -2.31. The first-order valence-corrected chi connectivity index (χ1v) is 11.7. The zero-order valence-corrected chi connectivity index (χ0v) is 18.9. The highest BCUT2D eigenvalue weighted by Crippen LogP contribution is 2.19. The monoisotopic (exact) mass is 449 g/mol. The molecule has 168 valence electrons. The van der Waals surface area contributed by atoms with Crippen molar-refractivity contribution in [2.45, 2.75) is 33.4 Å². The summed E-state index contributed by atoms with van der Waals surface area (Å²) < 4.78 is 38.9. The molecular formula is C22H28FN3O4S. The number of amides is 2. The number of rotatable bonds is 9. The van der Waals surface area contributed by atoms with Crippen molar-refractivity contribution in [3.8, 4) is 0 Å². The van der Waals surface area contributed by atoms with Crippen LogP contribution in [0.3, 0.4) is 0 Å². The van der Waals surface area contributed by atoms with Gasteiger partial charge in [0.2, 0.25) is 21.8 Å². The fourth-order valence-corrected chi connectivity index (χ4v) is 3.87. The molecule has 0 aliphatic heterocycles. The Morgan fingerprint density at radius 2 is 1.65 bits per heavy atom. The minimum Gasteiger partial charge on any atom is -0.355 e. The van der Waals surface area contributed by atoms with E-state index < -0.39 is 34.3 Å². The highest BCUT2D eigenvalue weighted by molar-refractivity contribution is 7.92. The molecular weight excluding hydrogens is 421 g/mol. The summed E-state index contributed by atoms with van der Waals surface area (Å²) in [5.74, 6) is -1.40. The van der Waals surface area contributed by atoms with E-state index >= 15 is 0 Å². The average molecular weight is 450 g/mol. The van der Waals surface area contributed by atoms with Gasteiger partial charge in [-0.25, -0.2) is 12.8 Å². The molecule has 0 aliphatic rings. The number of hydrogen-bond donors (Lipinski definition) is 1. The Hall–Kier alpha value is -2.94. The molecule has 0 aromatic heterocycles. The first-order valence-electron chi connectivity index (χ1n) is 9.89. The molecule has 0 radical (unpaired) electrons. The molecule has 2 rings (SSSR count). The maximum absolute atomic E-state index is 13.3. The van der Waals surface area contributed by atoms with E-state index in [1.54, 1.807) is 13.8 Å². The molecule has 0 aliphatic carbocycles. The van der Waals surface area contributed by atoms with E-state index in [9.17, 15) is 22.4 Å². The summed E-state index contributed by atoms with van der Waals surface area (Å²) in [6.07, 6.45) is 0.973. The van der Waals surface area contributed by atoms with E-state index in [2.05, 4.69) is 5.32 Å². The Labute approximate surface area is 182 Å². The normalized spacial score (nSPS) is 12.2. The number of nitrogens with zero attached hydrogens (tertiary/aromatic N) is 2. The highest BCUT2D eigenvalue weighted by Gasteiger charge is 2.29. The number of hydrogen-bond acceptors (Lipinski definition) is 4. The molecule has 0 saturated carbocycles. The van der Waals surface area contributed by atoms with Gasteiger partial charge < -0.3 is 10.2 Å². The molecule has 2 amide bonds. The van der Waals surface area contributed by atoms with Crippen LogP contribution in [-0.4, -0.2) is 50.5 Å². The molecule has 1 unspecified atom stereocenters. The van der Waals surface area contributed by atoms with Gasteiger partial charge in [-0.05, 0) is 50.6 Å². The largest absolute Gasteiger partial charge is 0.355 e. The summed E-state index contributed by atoms with van der Waals surface area (Å²) in [4.78, 5) is 27.0. The molecule has 7 nitrogen and oxygen atoms in total. The second kappa shape index (κ2) is 10.4. The first-order chi connectivity index (χ1) is 14.5. The summed E-state index contributed by atoms with van der Waals surface area (Å²) >= 11 is 0. The van der Waals surface area contributed by atoms with Crippen LogP contribution in [0.4, 0.5) is 10.1 Å². The van der Waals surface area contributed by atoms with E-state index in [1.807, 2.05) is 31.2 Å². The van der Waals surface area contributed by atoms with Gasteiger partial charge in [0.05, 0.1) is 11.9 Å². The van der Waals surface area contributed by atoms with Crippen LogP contribution >= 0.6 is 0 Å². The Morgan fingerprint density at radius 1 is 1.06 bits per heavy atom. The summed E-state index contributed by atoms with van der Waals surface area (Å²) in [5, 5.41) is 2.69. The fraction of sp³-hybridized carbons (Fsp3) is 0.364. The van der Waals surface area contributed by atoms with Gasteiger partial charge in [0, 0.05) is 13.1 Å². The quantitative estimate of drug-likeness (QED) is 0.637. The van der Waals surface area contributed by atoms with E-state index in [4.69, 9.17) is 0 Å². The summed E-state index contributed by atoms with van der Waals surface area (Å²) in [6, 6.07) is 11.5. The predicted octanol–water partition coefficient (Wildman–Crippen LogP) is 2.45. The SMILES string of the molecule is CCNC(=O)C(C)N(Cc1ccc(C)cc1)C(=O)CN(c1ccc(F)cc1)S(C)(=O)=O. The van der Waals surface area contributed by atoms with Crippen LogP contribution in [0.25, 0.3) is 0 Å². The fourth-order valence-electron chi connectivity index (χ4n) is 3.02. The predicted molar refractivity (Wildman–Crippen MR) is 118 cm³/mol. The molecule has 0 heterocycles. The molecule has 2 aromatic rings. The molecule has 0 fully saturated rings. The maximum atomic E-state index is 13.3. The Balaban J connectivity index is 2.35. The van der Waals surface area contributed by atoms with Crippen LogP contribution in [0.1, 0.15) is 25.0 Å². The molecule has 31 heavy (non-hydrogen) atoms. The van der Waals surface area contributed by atoms with Crippen molar-refractivity contribution in [1.82, 2.24) is 10.2 Å². The van der Waals surface area contributed by atoms with Crippen LogP contribution in [0.15, 0.2) is 48.5 Å². The number of aryl methyl sites for hydroxylation is 1. The summed E-state index contributed by atoms with van der Waals surface area (Å²) in [6.45, 7) is 5.34. The summed E-state index contributed by atoms with van der Waals surface area (Å²) in [7, 11) is -3.83. The number of likely N-dealkylation sites (N-methyl/N-ethyl adjacent to an activating group) is 1. The molecule has 0 bridgehead atoms. The summed E-state index contributed by atoms with van der Waals surface area (Å²) in [5.41, 5.74) is 2.03. The van der Waals surface area contributed by atoms with E-state index in [1.165, 1.54) is 17.0 Å². The number of carbonyl (C=O) groups is 2. The molecule has 0 spiro atoms. The topological polar surface area (TPSA) is 86.8 Å². The molecule has 1 N–H and O–H groups in total. The minimum atomic E-state index is -3.83. The zero-order valence-electron chi connectivity index (χ0n) is 18.1. The van der Waals surface area contributed by atoms with Gasteiger partial charge in [0.15, 0.2) is 0 Å². The van der Waals surface area contributed by atoms with Gasteiger partial charge in [-0.1, -0.05) is 29.8 Å². The van der Waals surface area contributed by atoms with Crippen molar-refractivity contribution >= 4 is 27.5 Å². The van der Waals surface area contributed by atoms with Gasteiger partial charge >= 0.3 is 0 Å². The Morgan fingerprint density at radius 3 is 2.16 bits per heavy atom. The van der Waals surface area contributed by atoms with Crippen LogP contribution in [0.5, 0.6) is 0 Å². The van der Waals surface area contributed by atoms with Crippen molar-refractivity contribution in [3.05, 3.63) is 65.5 Å². The van der Waals surface area contributed by atoms with Crippen molar-refractivity contribution < 1.29 is 22.4 Å². The molecule has 0 saturated heterocycles. The van der Waals surface area contributed by atoms with Crippen molar-refractivity contribution in [1.29, 1.82) is 0 Å². The number of benzene rings is 2. The van der Waals surface area contributed by atoms with Crippen molar-refractivity contribution in [2.75, 3.05) is 23.7 Å². The van der Waals surface area contributed by atoms with Crippen LogP contribution in [0.2, 0.25) is 0 Å². The number of halogens is 1. The average Bonchev–Trinajstić information content (AvgIpc) is 2.71. The third-order valence-electron chi connectivity index (χ3n) is 4.79. The van der Waals surface area contributed by atoms with Gasteiger partial charge in [-0.3, -0.25) is 13.9 Å². The Kier molecular flexibility index (Phi) is 8.15. The van der Waals surface area contributed by atoms with Gasteiger partial charge in [-0.2, -0.15) is 0 Å². The third kappa shape index (κ3) is 6.78. The van der Waals surface area contributed by atoms with Crippen molar-refractivity contribution in [3.63, 3.8) is 0 Å². The van der Waals surface area contributed by atoms with E-state index in [-0.39, 0.29) is 18.1 Å². The standard InChI is InChI=1S/C22H28FN3O4S/c1-5-24-22(28)17(3)25(14-18-8-6-16(2)7-9-18)21(27)15-26(31(4,29)30)20-12-10-19(23)11-13-20/h6-13,17H,5,14-15H2,1-4H3,(H,24,28). The second-order valence-corrected chi connectivity index (χ2v) is 9.23.